The van der Waals surface area contributed by atoms with Crippen LogP contribution in [0.4, 0.5) is 4.39 Å². The first kappa shape index (κ1) is 14.8. The maximum Gasteiger partial charge on any atom is 0.224 e. The molecule has 4 nitrogen and oxygen atoms in total. The quantitative estimate of drug-likeness (QED) is 0.887. The van der Waals surface area contributed by atoms with E-state index in [9.17, 15) is 9.18 Å². The molecule has 0 bridgehead atoms. The van der Waals surface area contributed by atoms with E-state index in [0.29, 0.717) is 17.9 Å². The van der Waals surface area contributed by atoms with Gasteiger partial charge in [0.25, 0.3) is 0 Å². The second kappa shape index (κ2) is 6.70. The van der Waals surface area contributed by atoms with Crippen molar-refractivity contribution in [2.75, 3.05) is 20.2 Å². The van der Waals surface area contributed by atoms with Crippen LogP contribution in [-0.4, -0.2) is 26.1 Å². The number of halogens is 1. The SMILES string of the molecule is COc1ccc(F)cc1C(C)NC(=O)[C@H]1CCCNC1. The molecular weight excluding hydrogens is 259 g/mol. The fraction of sp³-hybridized carbons (Fsp3) is 0.533. The Morgan fingerprint density at radius 2 is 2.35 bits per heavy atom. The summed E-state index contributed by atoms with van der Waals surface area (Å²) in [5.41, 5.74) is 0.657. The Balaban J connectivity index is 2.05. The van der Waals surface area contributed by atoms with Crippen molar-refractivity contribution < 1.29 is 13.9 Å². The summed E-state index contributed by atoms with van der Waals surface area (Å²) in [7, 11) is 1.54. The maximum atomic E-state index is 13.4. The van der Waals surface area contributed by atoms with Gasteiger partial charge in [-0.05, 0) is 44.5 Å². The summed E-state index contributed by atoms with van der Waals surface area (Å²) in [4.78, 5) is 12.2. The molecule has 1 heterocycles. The number of benzene rings is 1. The summed E-state index contributed by atoms with van der Waals surface area (Å²) in [6.45, 7) is 3.52. The average Bonchev–Trinajstić information content (AvgIpc) is 2.48. The van der Waals surface area contributed by atoms with Crippen LogP contribution in [0, 0.1) is 11.7 Å². The van der Waals surface area contributed by atoms with Crippen LogP contribution in [0.2, 0.25) is 0 Å². The molecule has 1 amide bonds. The molecule has 2 rings (SSSR count). The van der Waals surface area contributed by atoms with Gasteiger partial charge in [0.05, 0.1) is 19.1 Å². The average molecular weight is 280 g/mol. The maximum absolute atomic E-state index is 13.4. The Kier molecular flexibility index (Phi) is 4.95. The summed E-state index contributed by atoms with van der Waals surface area (Å²) in [5.74, 6) is 0.254. The molecule has 0 saturated carbocycles. The van der Waals surface area contributed by atoms with Crippen molar-refractivity contribution in [1.29, 1.82) is 0 Å². The van der Waals surface area contributed by atoms with Crippen LogP contribution < -0.4 is 15.4 Å². The van der Waals surface area contributed by atoms with E-state index in [2.05, 4.69) is 10.6 Å². The zero-order chi connectivity index (χ0) is 14.5. The van der Waals surface area contributed by atoms with Gasteiger partial charge in [0.2, 0.25) is 5.91 Å². The first-order valence-corrected chi connectivity index (χ1v) is 6.96. The minimum Gasteiger partial charge on any atom is -0.496 e. The zero-order valence-corrected chi connectivity index (χ0v) is 11.9. The van der Waals surface area contributed by atoms with Crippen molar-refractivity contribution in [3.63, 3.8) is 0 Å². The van der Waals surface area contributed by atoms with Gasteiger partial charge in [0.1, 0.15) is 11.6 Å². The summed E-state index contributed by atoms with van der Waals surface area (Å²) in [5, 5.41) is 6.16. The van der Waals surface area contributed by atoms with E-state index in [1.165, 1.54) is 19.2 Å². The molecule has 1 unspecified atom stereocenters. The molecule has 1 aromatic rings. The van der Waals surface area contributed by atoms with Crippen molar-refractivity contribution in [2.45, 2.75) is 25.8 Å². The van der Waals surface area contributed by atoms with E-state index >= 15 is 0 Å². The third-order valence-electron chi connectivity index (χ3n) is 3.68. The first-order valence-electron chi connectivity index (χ1n) is 6.96. The lowest BCUT2D eigenvalue weighted by Crippen LogP contribution is -2.41. The topological polar surface area (TPSA) is 50.4 Å². The van der Waals surface area contributed by atoms with Crippen molar-refractivity contribution in [2.24, 2.45) is 5.92 Å². The number of amides is 1. The predicted octanol–water partition coefficient (Wildman–Crippen LogP) is 2.01. The van der Waals surface area contributed by atoms with Crippen LogP contribution in [0.3, 0.4) is 0 Å². The van der Waals surface area contributed by atoms with E-state index < -0.39 is 0 Å². The molecule has 2 N–H and O–H groups in total. The summed E-state index contributed by atoms with van der Waals surface area (Å²) in [6.07, 6.45) is 1.90. The van der Waals surface area contributed by atoms with Crippen LogP contribution in [0.5, 0.6) is 5.75 Å². The van der Waals surface area contributed by atoms with Gasteiger partial charge in [-0.15, -0.1) is 0 Å². The molecule has 0 aromatic heterocycles. The molecule has 1 aromatic carbocycles. The molecule has 2 atom stereocenters. The van der Waals surface area contributed by atoms with E-state index in [1.807, 2.05) is 6.92 Å². The van der Waals surface area contributed by atoms with E-state index in [1.54, 1.807) is 6.07 Å². The van der Waals surface area contributed by atoms with Crippen molar-refractivity contribution >= 4 is 5.91 Å². The van der Waals surface area contributed by atoms with Gasteiger partial charge >= 0.3 is 0 Å². The Morgan fingerprint density at radius 1 is 1.55 bits per heavy atom. The Morgan fingerprint density at radius 3 is 3.00 bits per heavy atom. The second-order valence-corrected chi connectivity index (χ2v) is 5.16. The molecule has 1 aliphatic rings. The van der Waals surface area contributed by atoms with Gasteiger partial charge in [-0.3, -0.25) is 4.79 Å². The molecule has 0 aliphatic carbocycles. The monoisotopic (exact) mass is 280 g/mol. The number of piperidine rings is 1. The molecule has 20 heavy (non-hydrogen) atoms. The lowest BCUT2D eigenvalue weighted by atomic mass is 9.97. The minimum absolute atomic E-state index is 0.00856. The number of hydrogen-bond acceptors (Lipinski definition) is 3. The number of nitrogens with one attached hydrogen (secondary N) is 2. The van der Waals surface area contributed by atoms with Gasteiger partial charge in [-0.1, -0.05) is 0 Å². The van der Waals surface area contributed by atoms with Crippen molar-refractivity contribution in [1.82, 2.24) is 10.6 Å². The minimum atomic E-state index is -0.332. The summed E-state index contributed by atoms with van der Waals surface area (Å²) < 4.78 is 18.6. The number of rotatable bonds is 4. The highest BCUT2D eigenvalue weighted by molar-refractivity contribution is 5.79. The highest BCUT2D eigenvalue weighted by Gasteiger charge is 2.23. The number of hydrogen-bond donors (Lipinski definition) is 2. The van der Waals surface area contributed by atoms with Gasteiger partial charge in [0, 0.05) is 12.1 Å². The Hall–Kier alpha value is -1.62. The molecular formula is C15H21FN2O2. The number of carbonyl (C=O) groups excluding carboxylic acids is 1. The van der Waals surface area contributed by atoms with Crippen LogP contribution in [0.25, 0.3) is 0 Å². The molecule has 1 saturated heterocycles. The molecule has 0 spiro atoms. The lowest BCUT2D eigenvalue weighted by molar-refractivity contribution is -0.126. The lowest BCUT2D eigenvalue weighted by Gasteiger charge is -2.24. The second-order valence-electron chi connectivity index (χ2n) is 5.16. The van der Waals surface area contributed by atoms with Gasteiger partial charge in [0.15, 0.2) is 0 Å². The Labute approximate surface area is 118 Å². The smallest absolute Gasteiger partial charge is 0.224 e. The molecule has 1 aliphatic heterocycles. The molecule has 0 radical (unpaired) electrons. The van der Waals surface area contributed by atoms with Gasteiger partial charge < -0.3 is 15.4 Å². The zero-order valence-electron chi connectivity index (χ0n) is 11.9. The van der Waals surface area contributed by atoms with Crippen LogP contribution in [0.15, 0.2) is 18.2 Å². The third kappa shape index (κ3) is 3.48. The van der Waals surface area contributed by atoms with E-state index in [-0.39, 0.29) is 23.7 Å². The number of ether oxygens (including phenoxy) is 1. The van der Waals surface area contributed by atoms with Crippen LogP contribution >= 0.6 is 0 Å². The van der Waals surface area contributed by atoms with Crippen molar-refractivity contribution in [3.8, 4) is 5.75 Å². The molecule has 5 heteroatoms. The summed E-state index contributed by atoms with van der Waals surface area (Å²) >= 11 is 0. The largest absolute Gasteiger partial charge is 0.496 e. The van der Waals surface area contributed by atoms with Gasteiger partial charge in [-0.2, -0.15) is 0 Å². The highest BCUT2D eigenvalue weighted by Crippen LogP contribution is 2.26. The molecule has 1 fully saturated rings. The summed E-state index contributed by atoms with van der Waals surface area (Å²) in [6, 6.07) is 4.05. The normalized spacial score (nSPS) is 20.2. The highest BCUT2D eigenvalue weighted by atomic mass is 19.1. The predicted molar refractivity (Wildman–Crippen MR) is 75.1 cm³/mol. The molecule has 110 valence electrons. The van der Waals surface area contributed by atoms with Gasteiger partial charge in [-0.25, -0.2) is 4.39 Å². The fourth-order valence-electron chi connectivity index (χ4n) is 2.53. The standard InChI is InChI=1S/C15H21FN2O2/c1-10(13-8-12(16)5-6-14(13)20-2)18-15(19)11-4-3-7-17-9-11/h5-6,8,10-11,17H,3-4,7,9H2,1-2H3,(H,18,19)/t10?,11-/m0/s1. The number of methoxy groups -OCH3 is 1. The first-order chi connectivity index (χ1) is 9.61. The van der Waals surface area contributed by atoms with E-state index in [4.69, 9.17) is 4.74 Å². The van der Waals surface area contributed by atoms with Crippen LogP contribution in [0.1, 0.15) is 31.4 Å². The van der Waals surface area contributed by atoms with E-state index in [0.717, 1.165) is 19.4 Å². The Bertz CT molecular complexity index is 473. The fourth-order valence-corrected chi connectivity index (χ4v) is 2.53. The van der Waals surface area contributed by atoms with Crippen LogP contribution in [-0.2, 0) is 4.79 Å². The third-order valence-corrected chi connectivity index (χ3v) is 3.68. The van der Waals surface area contributed by atoms with Crippen molar-refractivity contribution in [3.05, 3.63) is 29.6 Å². The number of carbonyl (C=O) groups is 1.